The topological polar surface area (TPSA) is 58.9 Å². The molecule has 0 aromatic rings. The molecule has 8 heteroatoms. The van der Waals surface area contributed by atoms with E-state index in [0.29, 0.717) is 20.9 Å². The quantitative estimate of drug-likeness (QED) is 0.601. The maximum atomic E-state index is 12.7. The number of rotatable bonds is 0. The van der Waals surface area contributed by atoms with E-state index in [0.717, 1.165) is 34.4 Å². The Hall–Kier alpha value is 0.340. The van der Waals surface area contributed by atoms with E-state index < -0.39 is 8.87 Å². The second-order valence-electron chi connectivity index (χ2n) is 6.34. The van der Waals surface area contributed by atoms with Crippen molar-refractivity contribution in [2.24, 2.45) is 9.98 Å². The molecule has 2 saturated carbocycles. The van der Waals surface area contributed by atoms with E-state index in [2.05, 4.69) is 9.98 Å². The third kappa shape index (κ3) is 3.13. The lowest BCUT2D eigenvalue weighted by Gasteiger charge is -2.21. The summed E-state index contributed by atoms with van der Waals surface area (Å²) >= 11 is 3.16. The highest BCUT2D eigenvalue weighted by Crippen LogP contribution is 2.45. The minimum absolute atomic E-state index is 0.227. The first-order valence-corrected chi connectivity index (χ1v) is 12.6. The summed E-state index contributed by atoms with van der Waals surface area (Å²) in [6, 6.07) is 0.571. The summed E-state index contributed by atoms with van der Waals surface area (Å²) in [5.41, 5.74) is 0. The Morgan fingerprint density at radius 1 is 0.864 bits per heavy atom. The van der Waals surface area contributed by atoms with Crippen molar-refractivity contribution in [2.45, 2.75) is 74.0 Å². The van der Waals surface area contributed by atoms with E-state index >= 15 is 0 Å². The van der Waals surface area contributed by atoms with E-state index in [1.165, 1.54) is 43.9 Å². The molecule has 4 nitrogen and oxygen atoms in total. The van der Waals surface area contributed by atoms with E-state index in [4.69, 9.17) is 0 Å². The molecule has 22 heavy (non-hydrogen) atoms. The Kier molecular flexibility index (Phi) is 4.56. The minimum atomic E-state index is -3.37. The van der Waals surface area contributed by atoms with Crippen LogP contribution in [0.15, 0.2) is 9.98 Å². The molecular formula is C14H20N2O2S4. The molecule has 4 atom stereocenters. The van der Waals surface area contributed by atoms with Crippen LogP contribution in [0.25, 0.3) is 0 Å². The zero-order chi connectivity index (χ0) is 15.2. The molecule has 2 heterocycles. The van der Waals surface area contributed by atoms with Gasteiger partial charge in [-0.25, -0.2) is 8.42 Å². The standard InChI is InChI=1S/C14H20N2O2S4/c17-22(18,14-16-10-6-2-4-8-12(10)20-14)21-13-15-9-5-1-3-7-11(9)19-13/h9-12H,1-8H2. The highest BCUT2D eigenvalue weighted by atomic mass is 33.1. The Morgan fingerprint density at radius 2 is 1.45 bits per heavy atom. The van der Waals surface area contributed by atoms with Crippen molar-refractivity contribution in [3.63, 3.8) is 0 Å². The Morgan fingerprint density at radius 3 is 2.09 bits per heavy atom. The van der Waals surface area contributed by atoms with Crippen LogP contribution in [-0.4, -0.2) is 39.8 Å². The maximum absolute atomic E-state index is 12.7. The molecule has 0 saturated heterocycles. The number of hydrogen-bond donors (Lipinski definition) is 0. The van der Waals surface area contributed by atoms with Gasteiger partial charge in [-0.05, 0) is 25.7 Å². The van der Waals surface area contributed by atoms with Crippen LogP contribution in [-0.2, 0) is 8.87 Å². The fourth-order valence-electron chi connectivity index (χ4n) is 3.61. The van der Waals surface area contributed by atoms with Crippen molar-refractivity contribution in [3.05, 3.63) is 0 Å². The van der Waals surface area contributed by atoms with Crippen LogP contribution in [0.5, 0.6) is 0 Å². The molecule has 2 aliphatic carbocycles. The molecule has 0 aromatic carbocycles. The van der Waals surface area contributed by atoms with Crippen LogP contribution in [0.1, 0.15) is 51.4 Å². The summed E-state index contributed by atoms with van der Waals surface area (Å²) in [7, 11) is -2.41. The lowest BCUT2D eigenvalue weighted by Crippen LogP contribution is -2.21. The maximum Gasteiger partial charge on any atom is 0.259 e. The molecular weight excluding hydrogens is 356 g/mol. The predicted octanol–water partition coefficient (Wildman–Crippen LogP) is 3.88. The molecule has 0 amide bonds. The summed E-state index contributed by atoms with van der Waals surface area (Å²) in [5.74, 6) is 0. The minimum Gasteiger partial charge on any atom is -0.266 e. The van der Waals surface area contributed by atoms with Gasteiger partial charge in [0.05, 0.1) is 12.1 Å². The second kappa shape index (κ2) is 6.33. The Balaban J connectivity index is 1.46. The van der Waals surface area contributed by atoms with Gasteiger partial charge >= 0.3 is 0 Å². The van der Waals surface area contributed by atoms with Crippen LogP contribution in [0.3, 0.4) is 0 Å². The summed E-state index contributed by atoms with van der Waals surface area (Å²) in [6.45, 7) is 0. The van der Waals surface area contributed by atoms with Crippen molar-refractivity contribution in [1.82, 2.24) is 0 Å². The van der Waals surface area contributed by atoms with Crippen molar-refractivity contribution in [2.75, 3.05) is 0 Å². The molecule has 0 N–H and O–H groups in total. The van der Waals surface area contributed by atoms with Gasteiger partial charge in [-0.15, -0.1) is 0 Å². The second-order valence-corrected chi connectivity index (χ2v) is 13.0. The molecule has 0 bridgehead atoms. The van der Waals surface area contributed by atoms with Gasteiger partial charge < -0.3 is 0 Å². The normalized spacial score (nSPS) is 38.2. The highest BCUT2D eigenvalue weighted by molar-refractivity contribution is 8.89. The predicted molar refractivity (Wildman–Crippen MR) is 98.7 cm³/mol. The number of thioether (sulfide) groups is 2. The van der Waals surface area contributed by atoms with Crippen LogP contribution < -0.4 is 0 Å². The van der Waals surface area contributed by atoms with Gasteiger partial charge in [0.25, 0.3) is 8.87 Å². The number of fused-ring (bicyclic) bond motifs is 2. The van der Waals surface area contributed by atoms with Crippen molar-refractivity contribution >= 4 is 51.9 Å². The number of aliphatic imine (C=N–C) groups is 2. The SMILES string of the molecule is O=S(=O)(SC1=NC2CCCCC2S1)C1=NC2CCCCC2S1. The van der Waals surface area contributed by atoms with Crippen LogP contribution >= 0.6 is 34.3 Å². The fraction of sp³-hybridized carbons (Fsp3) is 0.857. The van der Waals surface area contributed by atoms with E-state index in [9.17, 15) is 8.42 Å². The number of hydrogen-bond acceptors (Lipinski definition) is 7. The van der Waals surface area contributed by atoms with Gasteiger partial charge in [-0.3, -0.25) is 9.98 Å². The van der Waals surface area contributed by atoms with Gasteiger partial charge in [0, 0.05) is 21.3 Å². The lowest BCUT2D eigenvalue weighted by atomic mass is 9.96. The Labute approximate surface area is 144 Å². The number of nitrogens with zero attached hydrogens (tertiary/aromatic N) is 2. The van der Waals surface area contributed by atoms with E-state index in [1.807, 2.05) is 0 Å². The highest BCUT2D eigenvalue weighted by Gasteiger charge is 2.40. The lowest BCUT2D eigenvalue weighted by molar-refractivity contribution is 0.462. The first kappa shape index (κ1) is 15.8. The van der Waals surface area contributed by atoms with Gasteiger partial charge in [-0.1, -0.05) is 49.2 Å². The van der Waals surface area contributed by atoms with E-state index in [1.54, 1.807) is 11.8 Å². The molecule has 4 unspecified atom stereocenters. The molecule has 0 radical (unpaired) electrons. The summed E-state index contributed by atoms with van der Waals surface area (Å²) < 4.78 is 26.4. The molecule has 2 aliphatic heterocycles. The third-order valence-corrected chi connectivity index (χ3v) is 11.8. The molecule has 0 spiro atoms. The zero-order valence-corrected chi connectivity index (χ0v) is 15.6. The monoisotopic (exact) mass is 376 g/mol. The third-order valence-electron chi connectivity index (χ3n) is 4.78. The van der Waals surface area contributed by atoms with Crippen molar-refractivity contribution in [3.8, 4) is 0 Å². The molecule has 2 fully saturated rings. The van der Waals surface area contributed by atoms with Gasteiger partial charge in [-0.2, -0.15) is 0 Å². The largest absolute Gasteiger partial charge is 0.266 e. The van der Waals surface area contributed by atoms with Crippen molar-refractivity contribution in [1.29, 1.82) is 0 Å². The van der Waals surface area contributed by atoms with Crippen LogP contribution in [0.2, 0.25) is 0 Å². The van der Waals surface area contributed by atoms with Crippen LogP contribution in [0.4, 0.5) is 0 Å². The average molecular weight is 377 g/mol. The van der Waals surface area contributed by atoms with Crippen LogP contribution in [0, 0.1) is 0 Å². The fourth-order valence-corrected chi connectivity index (χ4v) is 10.7. The summed E-state index contributed by atoms with van der Waals surface area (Å²) in [5, 5.41) is 0.895. The van der Waals surface area contributed by atoms with Gasteiger partial charge in [0.1, 0.15) is 4.38 Å². The first-order chi connectivity index (χ1) is 10.6. The summed E-state index contributed by atoms with van der Waals surface area (Å²) in [4.78, 5) is 9.18. The van der Waals surface area contributed by atoms with E-state index in [-0.39, 0.29) is 6.04 Å². The average Bonchev–Trinajstić information content (AvgIpc) is 3.09. The summed E-state index contributed by atoms with van der Waals surface area (Å²) in [6.07, 6.45) is 9.28. The van der Waals surface area contributed by atoms with Gasteiger partial charge in [0.2, 0.25) is 0 Å². The molecule has 4 rings (SSSR count). The molecule has 4 aliphatic rings. The van der Waals surface area contributed by atoms with Gasteiger partial charge in [0.15, 0.2) is 4.38 Å². The molecule has 122 valence electrons. The first-order valence-electron chi connectivity index (χ1n) is 8.05. The zero-order valence-electron chi connectivity index (χ0n) is 12.3. The van der Waals surface area contributed by atoms with Crippen molar-refractivity contribution < 1.29 is 8.42 Å². The smallest absolute Gasteiger partial charge is 0.259 e. The molecule has 0 aromatic heterocycles. The Bertz CT molecular complexity index is 616.